The second-order valence-corrected chi connectivity index (χ2v) is 7.47. The number of aromatic amines is 1. The third-order valence-corrected chi connectivity index (χ3v) is 5.53. The fourth-order valence-electron chi connectivity index (χ4n) is 3.77. The third kappa shape index (κ3) is 3.29. The van der Waals surface area contributed by atoms with E-state index < -0.39 is 0 Å². The maximum absolute atomic E-state index is 6.17. The number of halogens is 1. The van der Waals surface area contributed by atoms with Crippen molar-refractivity contribution in [1.82, 2.24) is 20.3 Å². The molecular formula is C20H23ClN4O. The number of aryl methyl sites for hydroxylation is 1. The van der Waals surface area contributed by atoms with Gasteiger partial charge in [0.25, 0.3) is 0 Å². The Hall–Kier alpha value is -2.11. The minimum absolute atomic E-state index is 0.282. The molecule has 2 aromatic heterocycles. The van der Waals surface area contributed by atoms with Crippen LogP contribution in [0.1, 0.15) is 47.8 Å². The maximum atomic E-state index is 6.17. The molecule has 0 radical (unpaired) electrons. The highest BCUT2D eigenvalue weighted by atomic mass is 35.5. The molecule has 1 saturated heterocycles. The van der Waals surface area contributed by atoms with E-state index >= 15 is 0 Å². The predicted molar refractivity (Wildman–Crippen MR) is 102 cm³/mol. The van der Waals surface area contributed by atoms with Crippen LogP contribution in [-0.4, -0.2) is 26.8 Å². The molecule has 3 heterocycles. The van der Waals surface area contributed by atoms with Gasteiger partial charge in [0.05, 0.1) is 29.2 Å². The molecule has 0 unspecified atom stereocenters. The molecule has 4 rings (SSSR count). The van der Waals surface area contributed by atoms with Crippen LogP contribution in [0.4, 0.5) is 0 Å². The van der Waals surface area contributed by atoms with E-state index in [1.165, 1.54) is 18.4 Å². The van der Waals surface area contributed by atoms with Gasteiger partial charge in [0, 0.05) is 17.1 Å². The summed E-state index contributed by atoms with van der Waals surface area (Å²) in [6, 6.07) is 8.39. The van der Waals surface area contributed by atoms with Crippen molar-refractivity contribution < 1.29 is 4.52 Å². The highest BCUT2D eigenvalue weighted by molar-refractivity contribution is 6.30. The number of aromatic nitrogens is 3. The van der Waals surface area contributed by atoms with Gasteiger partial charge in [-0.3, -0.25) is 10.00 Å². The Morgan fingerprint density at radius 2 is 2.19 bits per heavy atom. The topological polar surface area (TPSA) is 58.0 Å². The fraction of sp³-hybridized carbons (Fsp3) is 0.400. The van der Waals surface area contributed by atoms with Gasteiger partial charge in [-0.2, -0.15) is 5.10 Å². The Bertz CT molecular complexity index is 901. The summed E-state index contributed by atoms with van der Waals surface area (Å²) in [6.45, 7) is 5.94. The molecule has 1 aliphatic rings. The van der Waals surface area contributed by atoms with E-state index in [-0.39, 0.29) is 6.04 Å². The number of hydrogen-bond acceptors (Lipinski definition) is 4. The van der Waals surface area contributed by atoms with Crippen molar-refractivity contribution >= 4 is 11.6 Å². The number of H-pyrrole nitrogens is 1. The van der Waals surface area contributed by atoms with Crippen molar-refractivity contribution in [2.24, 2.45) is 0 Å². The van der Waals surface area contributed by atoms with Crippen LogP contribution in [0.2, 0.25) is 5.02 Å². The summed E-state index contributed by atoms with van der Waals surface area (Å²) in [5.74, 6) is 0.819. The average molecular weight is 371 g/mol. The van der Waals surface area contributed by atoms with E-state index in [1.807, 2.05) is 38.2 Å². The summed E-state index contributed by atoms with van der Waals surface area (Å²) < 4.78 is 5.59. The molecule has 136 valence electrons. The number of hydrogen-bond donors (Lipinski definition) is 1. The van der Waals surface area contributed by atoms with E-state index in [1.54, 1.807) is 0 Å². The van der Waals surface area contributed by atoms with E-state index in [0.29, 0.717) is 0 Å². The van der Waals surface area contributed by atoms with Gasteiger partial charge in [0.2, 0.25) is 0 Å². The number of rotatable bonds is 4. The highest BCUT2D eigenvalue weighted by Crippen LogP contribution is 2.37. The number of benzene rings is 1. The first kappa shape index (κ1) is 17.3. The van der Waals surface area contributed by atoms with Crippen LogP contribution in [0, 0.1) is 13.8 Å². The second kappa shape index (κ2) is 7.25. The van der Waals surface area contributed by atoms with Gasteiger partial charge >= 0.3 is 0 Å². The summed E-state index contributed by atoms with van der Waals surface area (Å²) in [5, 5.41) is 12.4. The van der Waals surface area contributed by atoms with Crippen LogP contribution in [0.15, 0.2) is 35.0 Å². The van der Waals surface area contributed by atoms with Crippen LogP contribution in [0.5, 0.6) is 0 Å². The van der Waals surface area contributed by atoms with Crippen molar-refractivity contribution in [3.8, 4) is 11.3 Å². The molecular weight excluding hydrogens is 348 g/mol. The number of nitrogens with one attached hydrogen (secondary N) is 1. The summed E-state index contributed by atoms with van der Waals surface area (Å²) in [4.78, 5) is 2.50. The van der Waals surface area contributed by atoms with E-state index in [4.69, 9.17) is 16.1 Å². The van der Waals surface area contributed by atoms with Gasteiger partial charge in [0.15, 0.2) is 5.76 Å². The minimum Gasteiger partial charge on any atom is -0.356 e. The first-order chi connectivity index (χ1) is 12.6. The molecule has 1 fully saturated rings. The van der Waals surface area contributed by atoms with Crippen LogP contribution in [0.25, 0.3) is 11.3 Å². The van der Waals surface area contributed by atoms with E-state index in [0.717, 1.165) is 52.8 Å². The molecule has 1 aliphatic heterocycles. The van der Waals surface area contributed by atoms with Gasteiger partial charge in [0.1, 0.15) is 0 Å². The molecule has 5 nitrogen and oxygen atoms in total. The zero-order chi connectivity index (χ0) is 18.1. The monoisotopic (exact) mass is 370 g/mol. The molecule has 3 aromatic rings. The Kier molecular flexibility index (Phi) is 4.83. The lowest BCUT2D eigenvalue weighted by Crippen LogP contribution is -2.33. The molecule has 0 amide bonds. The first-order valence-electron chi connectivity index (χ1n) is 9.08. The van der Waals surface area contributed by atoms with Gasteiger partial charge < -0.3 is 4.52 Å². The van der Waals surface area contributed by atoms with Crippen molar-refractivity contribution in [3.05, 3.63) is 58.0 Å². The number of piperidine rings is 1. The molecule has 26 heavy (non-hydrogen) atoms. The Morgan fingerprint density at radius 1 is 1.31 bits per heavy atom. The van der Waals surface area contributed by atoms with Crippen LogP contribution >= 0.6 is 11.6 Å². The highest BCUT2D eigenvalue weighted by Gasteiger charge is 2.29. The van der Waals surface area contributed by atoms with Crippen molar-refractivity contribution in [3.63, 3.8) is 0 Å². The molecule has 0 aliphatic carbocycles. The van der Waals surface area contributed by atoms with Crippen molar-refractivity contribution in [2.75, 3.05) is 6.54 Å². The second-order valence-electron chi connectivity index (χ2n) is 7.03. The fourth-order valence-corrected chi connectivity index (χ4v) is 3.99. The van der Waals surface area contributed by atoms with E-state index in [9.17, 15) is 0 Å². The predicted octanol–water partition coefficient (Wildman–Crippen LogP) is 5.06. The average Bonchev–Trinajstić information content (AvgIpc) is 3.23. The summed E-state index contributed by atoms with van der Waals surface area (Å²) in [5.41, 5.74) is 5.37. The molecule has 1 N–H and O–H groups in total. The first-order valence-corrected chi connectivity index (χ1v) is 9.46. The lowest BCUT2D eigenvalue weighted by Gasteiger charge is -2.35. The van der Waals surface area contributed by atoms with Crippen molar-refractivity contribution in [2.45, 2.75) is 45.7 Å². The standard InChI is InChI=1S/C20H23ClN4O/c1-13-14(2)24-26-20(13)17-11-22-23-19(17)18-8-3-4-9-25(18)12-15-6-5-7-16(21)10-15/h5-7,10-11,18H,3-4,8-9,12H2,1-2H3,(H,22,23)/t18-/m1/s1. The lowest BCUT2D eigenvalue weighted by molar-refractivity contribution is 0.137. The normalized spacial score (nSPS) is 18.3. The van der Waals surface area contributed by atoms with Crippen LogP contribution < -0.4 is 0 Å². The molecule has 1 atom stereocenters. The smallest absolute Gasteiger partial charge is 0.173 e. The zero-order valence-corrected chi connectivity index (χ0v) is 15.9. The molecule has 6 heteroatoms. The maximum Gasteiger partial charge on any atom is 0.173 e. The van der Waals surface area contributed by atoms with Crippen LogP contribution in [-0.2, 0) is 6.54 Å². The van der Waals surface area contributed by atoms with Gasteiger partial charge in [-0.15, -0.1) is 0 Å². The Morgan fingerprint density at radius 3 is 2.96 bits per heavy atom. The summed E-state index contributed by atoms with van der Waals surface area (Å²) >= 11 is 6.17. The Labute approximate surface area is 158 Å². The molecule has 1 aromatic carbocycles. The third-order valence-electron chi connectivity index (χ3n) is 5.29. The SMILES string of the molecule is Cc1noc(-c2cn[nH]c2[C@H]2CCCCN2Cc2cccc(Cl)c2)c1C. The zero-order valence-electron chi connectivity index (χ0n) is 15.1. The minimum atomic E-state index is 0.282. The summed E-state index contributed by atoms with van der Waals surface area (Å²) in [7, 11) is 0. The lowest BCUT2D eigenvalue weighted by atomic mass is 9.95. The molecule has 0 saturated carbocycles. The Balaban J connectivity index is 1.65. The van der Waals surface area contributed by atoms with Gasteiger partial charge in [-0.05, 0) is 50.9 Å². The van der Waals surface area contributed by atoms with E-state index in [2.05, 4.69) is 26.3 Å². The summed E-state index contributed by atoms with van der Waals surface area (Å²) in [6.07, 6.45) is 5.38. The molecule has 0 spiro atoms. The van der Waals surface area contributed by atoms with Gasteiger partial charge in [-0.1, -0.05) is 35.3 Å². The quantitative estimate of drug-likeness (QED) is 0.697. The van der Waals surface area contributed by atoms with Crippen LogP contribution in [0.3, 0.4) is 0 Å². The largest absolute Gasteiger partial charge is 0.356 e. The van der Waals surface area contributed by atoms with Crippen molar-refractivity contribution in [1.29, 1.82) is 0 Å². The number of nitrogens with zero attached hydrogens (tertiary/aromatic N) is 3. The number of likely N-dealkylation sites (tertiary alicyclic amines) is 1. The van der Waals surface area contributed by atoms with Gasteiger partial charge in [-0.25, -0.2) is 0 Å². The molecule has 0 bridgehead atoms.